The van der Waals surface area contributed by atoms with Gasteiger partial charge >= 0.3 is 0 Å². The average molecular weight is 239 g/mol. The third-order valence-electron chi connectivity index (χ3n) is 2.12. The third-order valence-corrected chi connectivity index (χ3v) is 3.60. The van der Waals surface area contributed by atoms with E-state index in [2.05, 4.69) is 0 Å². The lowest BCUT2D eigenvalue weighted by Crippen LogP contribution is -2.34. The van der Waals surface area contributed by atoms with Gasteiger partial charge in [-0.3, -0.25) is 0 Å². The Hall–Kier alpha value is -0.870. The molecule has 2 N–H and O–H groups in total. The van der Waals surface area contributed by atoms with Crippen molar-refractivity contribution in [3.63, 3.8) is 0 Å². The van der Waals surface area contributed by atoms with Gasteiger partial charge in [0.2, 0.25) is 0 Å². The van der Waals surface area contributed by atoms with Crippen molar-refractivity contribution >= 4 is 11.8 Å². The summed E-state index contributed by atoms with van der Waals surface area (Å²) in [5, 5.41) is 0. The molecule has 0 aliphatic carbocycles. The maximum absolute atomic E-state index is 5.94. The van der Waals surface area contributed by atoms with E-state index in [0.717, 1.165) is 17.3 Å². The molecular formula is C12H17NO2S. The van der Waals surface area contributed by atoms with Crippen molar-refractivity contribution in [2.24, 2.45) is 5.73 Å². The summed E-state index contributed by atoms with van der Waals surface area (Å²) in [5.74, 6) is 2.56. The van der Waals surface area contributed by atoms with Gasteiger partial charge in [0.05, 0.1) is 0 Å². The average Bonchev–Trinajstić information content (AvgIpc) is 2.25. The lowest BCUT2D eigenvalue weighted by Gasteiger charge is -2.20. The fourth-order valence-electron chi connectivity index (χ4n) is 1.38. The van der Waals surface area contributed by atoms with E-state index in [1.54, 1.807) is 11.8 Å². The number of ether oxygens (including phenoxy) is 2. The van der Waals surface area contributed by atoms with Crippen molar-refractivity contribution in [3.8, 4) is 11.5 Å². The summed E-state index contributed by atoms with van der Waals surface area (Å²) in [6, 6.07) is 6.02. The predicted molar refractivity (Wildman–Crippen MR) is 66.4 cm³/mol. The number of rotatable bonds is 3. The molecule has 16 heavy (non-hydrogen) atoms. The van der Waals surface area contributed by atoms with Crippen LogP contribution < -0.4 is 15.2 Å². The van der Waals surface area contributed by atoms with Gasteiger partial charge in [0.25, 0.3) is 0 Å². The lowest BCUT2D eigenvalue weighted by molar-refractivity contribution is 0.171. The second kappa shape index (κ2) is 4.55. The number of fused-ring (bicyclic) bond motifs is 1. The highest BCUT2D eigenvalue weighted by molar-refractivity contribution is 7.99. The molecule has 1 heterocycles. The van der Waals surface area contributed by atoms with Crippen molar-refractivity contribution in [1.29, 1.82) is 0 Å². The maximum Gasteiger partial charge on any atom is 0.162 e. The minimum absolute atomic E-state index is 0.155. The molecule has 3 nitrogen and oxygen atoms in total. The molecule has 88 valence electrons. The van der Waals surface area contributed by atoms with Crippen molar-refractivity contribution in [2.75, 3.05) is 19.0 Å². The van der Waals surface area contributed by atoms with Gasteiger partial charge in [-0.25, -0.2) is 0 Å². The molecule has 0 aromatic heterocycles. The minimum Gasteiger partial charge on any atom is -0.486 e. The van der Waals surface area contributed by atoms with Gasteiger partial charge < -0.3 is 15.2 Å². The quantitative estimate of drug-likeness (QED) is 0.822. The summed E-state index contributed by atoms with van der Waals surface area (Å²) in [7, 11) is 0. The van der Waals surface area contributed by atoms with E-state index in [0.29, 0.717) is 13.2 Å². The molecule has 0 unspecified atom stereocenters. The molecule has 1 aromatic carbocycles. The molecule has 2 rings (SSSR count). The minimum atomic E-state index is -0.155. The smallest absolute Gasteiger partial charge is 0.162 e. The first-order valence-corrected chi connectivity index (χ1v) is 6.34. The Labute approximate surface area is 100 Å². The molecule has 0 saturated carbocycles. The zero-order chi connectivity index (χ0) is 11.6. The van der Waals surface area contributed by atoms with Crippen LogP contribution >= 0.6 is 11.8 Å². The largest absolute Gasteiger partial charge is 0.486 e. The predicted octanol–water partition coefficient (Wildman–Crippen LogP) is 2.29. The Kier molecular flexibility index (Phi) is 3.30. The van der Waals surface area contributed by atoms with Crippen LogP contribution in [-0.4, -0.2) is 24.5 Å². The SMILES string of the molecule is CC(C)(N)CSc1ccc2c(c1)OCCO2. The molecule has 0 spiro atoms. The van der Waals surface area contributed by atoms with Crippen LogP contribution in [0.3, 0.4) is 0 Å². The molecule has 4 heteroatoms. The van der Waals surface area contributed by atoms with E-state index in [9.17, 15) is 0 Å². The van der Waals surface area contributed by atoms with Gasteiger partial charge in [0, 0.05) is 16.2 Å². The van der Waals surface area contributed by atoms with Crippen LogP contribution in [-0.2, 0) is 0 Å². The number of hydrogen-bond acceptors (Lipinski definition) is 4. The van der Waals surface area contributed by atoms with Crippen LogP contribution in [0, 0.1) is 0 Å². The van der Waals surface area contributed by atoms with Crippen LogP contribution in [0.1, 0.15) is 13.8 Å². The van der Waals surface area contributed by atoms with E-state index < -0.39 is 0 Å². The van der Waals surface area contributed by atoms with Gasteiger partial charge in [-0.1, -0.05) is 0 Å². The summed E-state index contributed by atoms with van der Waals surface area (Å²) in [6.45, 7) is 5.31. The van der Waals surface area contributed by atoms with E-state index >= 15 is 0 Å². The highest BCUT2D eigenvalue weighted by atomic mass is 32.2. The van der Waals surface area contributed by atoms with Gasteiger partial charge in [-0.2, -0.15) is 0 Å². The molecule has 0 atom stereocenters. The van der Waals surface area contributed by atoms with Crippen LogP contribution in [0.4, 0.5) is 0 Å². The molecule has 0 fully saturated rings. The highest BCUT2D eigenvalue weighted by Gasteiger charge is 2.14. The fourth-order valence-corrected chi connectivity index (χ4v) is 2.28. The van der Waals surface area contributed by atoms with Crippen LogP contribution in [0.5, 0.6) is 11.5 Å². The van der Waals surface area contributed by atoms with E-state index in [4.69, 9.17) is 15.2 Å². The van der Waals surface area contributed by atoms with Gasteiger partial charge in [-0.05, 0) is 32.0 Å². The van der Waals surface area contributed by atoms with Crippen molar-refractivity contribution in [1.82, 2.24) is 0 Å². The molecule has 0 amide bonds. The Balaban J connectivity index is 2.06. The molecule has 1 aliphatic heterocycles. The van der Waals surface area contributed by atoms with Crippen molar-refractivity contribution in [3.05, 3.63) is 18.2 Å². The monoisotopic (exact) mass is 239 g/mol. The Bertz CT molecular complexity index is 374. The Morgan fingerprint density at radius 2 is 1.94 bits per heavy atom. The van der Waals surface area contributed by atoms with Gasteiger partial charge in [-0.15, -0.1) is 11.8 Å². The first-order chi connectivity index (χ1) is 7.54. The maximum atomic E-state index is 5.94. The van der Waals surface area contributed by atoms with Crippen molar-refractivity contribution in [2.45, 2.75) is 24.3 Å². The summed E-state index contributed by atoms with van der Waals surface area (Å²) >= 11 is 1.74. The van der Waals surface area contributed by atoms with E-state index in [1.807, 2.05) is 32.0 Å². The zero-order valence-corrected chi connectivity index (χ0v) is 10.5. The number of hydrogen-bond donors (Lipinski definition) is 1. The summed E-state index contributed by atoms with van der Waals surface area (Å²) < 4.78 is 11.0. The second-order valence-electron chi connectivity index (χ2n) is 4.58. The third kappa shape index (κ3) is 3.06. The fraction of sp³-hybridized carbons (Fsp3) is 0.500. The molecule has 0 saturated heterocycles. The van der Waals surface area contributed by atoms with Crippen LogP contribution in [0.15, 0.2) is 23.1 Å². The van der Waals surface area contributed by atoms with E-state index in [1.165, 1.54) is 4.90 Å². The molecule has 1 aliphatic rings. The molecule has 0 radical (unpaired) electrons. The molecule has 0 bridgehead atoms. The summed E-state index contributed by atoms with van der Waals surface area (Å²) in [4.78, 5) is 1.17. The Morgan fingerprint density at radius 3 is 2.62 bits per heavy atom. The second-order valence-corrected chi connectivity index (χ2v) is 5.63. The lowest BCUT2D eigenvalue weighted by atomic mass is 10.1. The van der Waals surface area contributed by atoms with Gasteiger partial charge in [0.1, 0.15) is 13.2 Å². The first kappa shape index (κ1) is 11.6. The standard InChI is InChI=1S/C12H17NO2S/c1-12(2,13)8-16-9-3-4-10-11(7-9)15-6-5-14-10/h3-4,7H,5-6,8,13H2,1-2H3. The first-order valence-electron chi connectivity index (χ1n) is 5.36. The van der Waals surface area contributed by atoms with Gasteiger partial charge in [0.15, 0.2) is 11.5 Å². The normalized spacial score (nSPS) is 14.9. The van der Waals surface area contributed by atoms with Crippen LogP contribution in [0.2, 0.25) is 0 Å². The molecular weight excluding hydrogens is 222 g/mol. The number of nitrogens with two attached hydrogens (primary N) is 1. The topological polar surface area (TPSA) is 44.5 Å². The number of thioether (sulfide) groups is 1. The Morgan fingerprint density at radius 1 is 1.25 bits per heavy atom. The molecule has 1 aromatic rings. The summed E-state index contributed by atoms with van der Waals surface area (Å²) in [5.41, 5.74) is 5.79. The number of benzene rings is 1. The van der Waals surface area contributed by atoms with E-state index in [-0.39, 0.29) is 5.54 Å². The van der Waals surface area contributed by atoms with Crippen molar-refractivity contribution < 1.29 is 9.47 Å². The summed E-state index contributed by atoms with van der Waals surface area (Å²) in [6.07, 6.45) is 0. The highest BCUT2D eigenvalue weighted by Crippen LogP contribution is 2.34. The zero-order valence-electron chi connectivity index (χ0n) is 9.66. The van der Waals surface area contributed by atoms with Crippen LogP contribution in [0.25, 0.3) is 0 Å².